The zero-order valence-corrected chi connectivity index (χ0v) is 22.8. The Morgan fingerprint density at radius 2 is 1.72 bits per heavy atom. The minimum atomic E-state index is 0.0303. The molecule has 8 heteroatoms. The topological polar surface area (TPSA) is 74.4 Å². The van der Waals surface area contributed by atoms with Crippen LogP contribution in [0.25, 0.3) is 0 Å². The lowest BCUT2D eigenvalue weighted by Crippen LogP contribution is -2.38. The van der Waals surface area contributed by atoms with E-state index in [0.717, 1.165) is 43.9 Å². The summed E-state index contributed by atoms with van der Waals surface area (Å²) < 4.78 is 15.7. The van der Waals surface area contributed by atoms with Crippen LogP contribution in [0.3, 0.4) is 0 Å². The molecule has 1 aliphatic rings. The van der Waals surface area contributed by atoms with Crippen molar-refractivity contribution in [3.63, 3.8) is 0 Å². The Morgan fingerprint density at radius 1 is 0.949 bits per heavy atom. The molecule has 0 aliphatic carbocycles. The first-order chi connectivity index (χ1) is 19.2. The molecule has 8 nitrogen and oxygen atoms in total. The predicted molar refractivity (Wildman–Crippen MR) is 150 cm³/mol. The number of nitrogens with zero attached hydrogens (tertiary/aromatic N) is 5. The van der Waals surface area contributed by atoms with Gasteiger partial charge in [-0.2, -0.15) is 0 Å². The van der Waals surface area contributed by atoms with Gasteiger partial charge in [0.25, 0.3) is 5.91 Å². The Balaban J connectivity index is 1.21. The lowest BCUT2D eigenvalue weighted by molar-refractivity contribution is 0.0710. The number of carbonyl (C=O) groups is 1. The zero-order chi connectivity index (χ0) is 27.0. The van der Waals surface area contributed by atoms with E-state index >= 15 is 0 Å². The SMILES string of the molecule is CCCCOc1cc(C(=O)N2CCC(c3nccn3Cc3nccn3Cc3ccccc3)CC2)ccc1OC. The van der Waals surface area contributed by atoms with E-state index in [1.54, 1.807) is 7.11 Å². The van der Waals surface area contributed by atoms with Gasteiger partial charge in [0.2, 0.25) is 0 Å². The molecule has 0 radical (unpaired) electrons. The van der Waals surface area contributed by atoms with Crippen molar-refractivity contribution in [1.82, 2.24) is 24.0 Å². The first kappa shape index (κ1) is 26.5. The molecule has 1 fully saturated rings. The standard InChI is InChI=1S/C31H37N5O3/c1-3-4-20-39-28-21-26(10-11-27(28)38-2)31(37)34-16-12-25(13-17-34)30-33-15-19-36(30)23-29-32-14-18-35(29)22-24-8-6-5-7-9-24/h5-11,14-15,18-19,21,25H,3-4,12-13,16-17,20,22-23H2,1-2H3. The molecule has 0 saturated carbocycles. The van der Waals surface area contributed by atoms with Gasteiger partial charge < -0.3 is 23.5 Å². The molecule has 1 saturated heterocycles. The van der Waals surface area contributed by atoms with Crippen molar-refractivity contribution in [1.29, 1.82) is 0 Å². The van der Waals surface area contributed by atoms with Crippen molar-refractivity contribution >= 4 is 5.91 Å². The van der Waals surface area contributed by atoms with Crippen LogP contribution >= 0.6 is 0 Å². The largest absolute Gasteiger partial charge is 0.493 e. The van der Waals surface area contributed by atoms with Gasteiger partial charge in [0.05, 0.1) is 20.3 Å². The zero-order valence-electron chi connectivity index (χ0n) is 22.8. The van der Waals surface area contributed by atoms with E-state index in [1.165, 1.54) is 5.56 Å². The van der Waals surface area contributed by atoms with Crippen molar-refractivity contribution in [2.24, 2.45) is 0 Å². The molecular weight excluding hydrogens is 490 g/mol. The van der Waals surface area contributed by atoms with E-state index in [0.29, 0.717) is 49.2 Å². The summed E-state index contributed by atoms with van der Waals surface area (Å²) in [5, 5.41) is 0. The molecule has 4 aromatic rings. The van der Waals surface area contributed by atoms with Crippen LogP contribution in [0.4, 0.5) is 0 Å². The number of methoxy groups -OCH3 is 1. The van der Waals surface area contributed by atoms with Crippen LogP contribution in [0.2, 0.25) is 0 Å². The summed E-state index contributed by atoms with van der Waals surface area (Å²) in [7, 11) is 1.62. The van der Waals surface area contributed by atoms with Gasteiger partial charge in [0.1, 0.15) is 11.6 Å². The summed E-state index contributed by atoms with van der Waals surface area (Å²) in [4.78, 5) is 24.6. The quantitative estimate of drug-likeness (QED) is 0.245. The molecule has 1 amide bonds. The van der Waals surface area contributed by atoms with E-state index in [1.807, 2.05) is 54.0 Å². The summed E-state index contributed by atoms with van der Waals surface area (Å²) in [6, 6.07) is 15.9. The van der Waals surface area contributed by atoms with Crippen LogP contribution in [-0.4, -0.2) is 56.7 Å². The number of ether oxygens (including phenoxy) is 2. The molecule has 2 aromatic heterocycles. The smallest absolute Gasteiger partial charge is 0.253 e. The van der Waals surface area contributed by atoms with Crippen LogP contribution in [0, 0.1) is 0 Å². The maximum Gasteiger partial charge on any atom is 0.253 e. The fourth-order valence-corrected chi connectivity index (χ4v) is 5.15. The molecule has 2 aromatic carbocycles. The Labute approximate surface area is 230 Å². The van der Waals surface area contributed by atoms with Crippen LogP contribution in [0.5, 0.6) is 11.5 Å². The maximum absolute atomic E-state index is 13.3. The number of amides is 1. The molecule has 5 rings (SSSR count). The fourth-order valence-electron chi connectivity index (χ4n) is 5.15. The lowest BCUT2D eigenvalue weighted by Gasteiger charge is -2.32. The molecule has 0 N–H and O–H groups in total. The van der Waals surface area contributed by atoms with Gasteiger partial charge in [0.15, 0.2) is 11.5 Å². The van der Waals surface area contributed by atoms with Crippen molar-refractivity contribution in [2.75, 3.05) is 26.8 Å². The Hall–Kier alpha value is -4.07. The number of unbranched alkanes of at least 4 members (excludes halogenated alkanes) is 1. The number of hydrogen-bond acceptors (Lipinski definition) is 5. The second-order valence-electron chi connectivity index (χ2n) is 10.0. The number of aromatic nitrogens is 4. The van der Waals surface area contributed by atoms with Crippen molar-refractivity contribution in [3.8, 4) is 11.5 Å². The van der Waals surface area contributed by atoms with Gasteiger partial charge in [-0.15, -0.1) is 0 Å². The first-order valence-corrected chi connectivity index (χ1v) is 13.8. The van der Waals surface area contributed by atoms with Crippen molar-refractivity contribution < 1.29 is 14.3 Å². The van der Waals surface area contributed by atoms with E-state index < -0.39 is 0 Å². The third kappa shape index (κ3) is 6.33. The highest BCUT2D eigenvalue weighted by Crippen LogP contribution is 2.31. The molecule has 0 spiro atoms. The number of likely N-dealkylation sites (tertiary alicyclic amines) is 1. The first-order valence-electron chi connectivity index (χ1n) is 13.8. The summed E-state index contributed by atoms with van der Waals surface area (Å²) in [6.07, 6.45) is 11.5. The predicted octanol–water partition coefficient (Wildman–Crippen LogP) is 5.38. The van der Waals surface area contributed by atoms with E-state index in [9.17, 15) is 4.79 Å². The summed E-state index contributed by atoms with van der Waals surface area (Å²) >= 11 is 0. The summed E-state index contributed by atoms with van der Waals surface area (Å²) in [5.74, 6) is 3.67. The number of carbonyl (C=O) groups excluding carboxylic acids is 1. The molecule has 39 heavy (non-hydrogen) atoms. The van der Waals surface area contributed by atoms with Crippen LogP contribution in [0.15, 0.2) is 73.3 Å². The van der Waals surface area contributed by atoms with E-state index in [2.05, 4.69) is 45.3 Å². The number of imidazole rings is 2. The second-order valence-corrected chi connectivity index (χ2v) is 10.0. The normalized spacial score (nSPS) is 13.9. The van der Waals surface area contributed by atoms with Gasteiger partial charge in [-0.3, -0.25) is 4.79 Å². The van der Waals surface area contributed by atoms with E-state index in [4.69, 9.17) is 14.5 Å². The second kappa shape index (κ2) is 12.7. The molecule has 3 heterocycles. The van der Waals surface area contributed by atoms with E-state index in [-0.39, 0.29) is 5.91 Å². The summed E-state index contributed by atoms with van der Waals surface area (Å²) in [6.45, 7) is 5.57. The average Bonchev–Trinajstić information content (AvgIpc) is 3.63. The third-order valence-electron chi connectivity index (χ3n) is 7.37. The Morgan fingerprint density at radius 3 is 2.49 bits per heavy atom. The molecule has 1 aliphatic heterocycles. The molecule has 0 atom stereocenters. The number of hydrogen-bond donors (Lipinski definition) is 0. The Bertz CT molecular complexity index is 1360. The number of benzene rings is 2. The average molecular weight is 528 g/mol. The van der Waals surface area contributed by atoms with Gasteiger partial charge in [0, 0.05) is 55.9 Å². The highest BCUT2D eigenvalue weighted by Gasteiger charge is 2.28. The van der Waals surface area contributed by atoms with Gasteiger partial charge >= 0.3 is 0 Å². The molecular formula is C31H37N5O3. The highest BCUT2D eigenvalue weighted by molar-refractivity contribution is 5.95. The monoisotopic (exact) mass is 527 g/mol. The highest BCUT2D eigenvalue weighted by atomic mass is 16.5. The van der Waals surface area contributed by atoms with Gasteiger partial charge in [-0.1, -0.05) is 43.7 Å². The number of rotatable bonds is 11. The van der Waals surface area contributed by atoms with Gasteiger partial charge in [-0.25, -0.2) is 9.97 Å². The van der Waals surface area contributed by atoms with Crippen LogP contribution in [-0.2, 0) is 13.1 Å². The van der Waals surface area contributed by atoms with Gasteiger partial charge in [-0.05, 0) is 43.0 Å². The van der Waals surface area contributed by atoms with Crippen molar-refractivity contribution in [2.45, 2.75) is 51.6 Å². The van der Waals surface area contributed by atoms with Crippen LogP contribution in [0.1, 0.15) is 66.1 Å². The molecule has 0 bridgehead atoms. The van der Waals surface area contributed by atoms with Crippen molar-refractivity contribution in [3.05, 3.63) is 96.1 Å². The summed E-state index contributed by atoms with van der Waals surface area (Å²) in [5.41, 5.74) is 1.88. The minimum absolute atomic E-state index is 0.0303. The third-order valence-corrected chi connectivity index (χ3v) is 7.37. The minimum Gasteiger partial charge on any atom is -0.493 e. The molecule has 0 unspecified atom stereocenters. The number of piperidine rings is 1. The molecule has 204 valence electrons. The van der Waals surface area contributed by atoms with Crippen LogP contribution < -0.4 is 9.47 Å². The lowest BCUT2D eigenvalue weighted by atomic mass is 9.95. The Kier molecular flexibility index (Phi) is 8.61. The maximum atomic E-state index is 13.3. The fraction of sp³-hybridized carbons (Fsp3) is 0.387.